The number of amides is 1. The molecular weight excluding hydrogens is 431 g/mol. The van der Waals surface area contributed by atoms with Crippen molar-refractivity contribution in [2.45, 2.75) is 6.18 Å². The van der Waals surface area contributed by atoms with E-state index in [1.807, 2.05) is 6.07 Å². The molecule has 0 saturated carbocycles. The largest absolute Gasteiger partial charge is 0.416 e. The van der Waals surface area contributed by atoms with Gasteiger partial charge in [-0.15, -0.1) is 0 Å². The third kappa shape index (κ3) is 4.55. The number of carbonyl (C=O) groups excluding carboxylic acids is 1. The lowest BCUT2D eigenvalue weighted by molar-refractivity contribution is -0.137. The fourth-order valence-electron chi connectivity index (χ4n) is 3.49. The lowest BCUT2D eigenvalue weighted by Crippen LogP contribution is -2.31. The van der Waals surface area contributed by atoms with Crippen LogP contribution in [0.1, 0.15) is 15.9 Å². The van der Waals surface area contributed by atoms with E-state index >= 15 is 0 Å². The molecule has 0 saturated heterocycles. The van der Waals surface area contributed by atoms with Gasteiger partial charge in [-0.25, -0.2) is 4.68 Å². The minimum Gasteiger partial charge on any atom is -0.322 e. The number of nitrogens with one attached hydrogen (secondary N) is 1. The van der Waals surface area contributed by atoms with Crippen molar-refractivity contribution in [3.05, 3.63) is 106 Å². The van der Waals surface area contributed by atoms with Gasteiger partial charge in [-0.3, -0.25) is 9.59 Å². The fraction of sp³-hybridized carbons (Fsp3) is 0.0800. The number of benzene rings is 3. The molecule has 1 amide bonds. The first-order chi connectivity index (χ1) is 15.8. The van der Waals surface area contributed by atoms with Crippen molar-refractivity contribution < 1.29 is 18.0 Å². The van der Waals surface area contributed by atoms with Crippen LogP contribution in [0.5, 0.6) is 0 Å². The smallest absolute Gasteiger partial charge is 0.322 e. The number of anilines is 1. The van der Waals surface area contributed by atoms with Crippen LogP contribution in [0.3, 0.4) is 0 Å². The van der Waals surface area contributed by atoms with Crippen molar-refractivity contribution in [1.29, 1.82) is 0 Å². The Labute approximate surface area is 187 Å². The van der Waals surface area contributed by atoms with E-state index in [4.69, 9.17) is 0 Å². The van der Waals surface area contributed by atoms with Crippen LogP contribution < -0.4 is 10.9 Å². The molecule has 4 aromatic rings. The Morgan fingerprint density at radius 2 is 1.48 bits per heavy atom. The maximum absolute atomic E-state index is 13.3. The summed E-state index contributed by atoms with van der Waals surface area (Å²) in [5.41, 5.74) is 0.0985. The Balaban J connectivity index is 1.90. The van der Waals surface area contributed by atoms with Gasteiger partial charge in [0.2, 0.25) is 0 Å². The molecule has 0 radical (unpaired) electrons. The molecule has 3 aromatic carbocycles. The lowest BCUT2D eigenvalue weighted by Gasteiger charge is -2.16. The number of alkyl halides is 3. The summed E-state index contributed by atoms with van der Waals surface area (Å²) in [4.78, 5) is 26.4. The van der Waals surface area contributed by atoms with Crippen LogP contribution in [-0.4, -0.2) is 15.7 Å². The number of aromatic nitrogens is 2. The quantitative estimate of drug-likeness (QED) is 0.455. The van der Waals surface area contributed by atoms with E-state index < -0.39 is 23.2 Å². The Morgan fingerprint density at radius 1 is 0.879 bits per heavy atom. The normalized spacial score (nSPS) is 11.3. The first kappa shape index (κ1) is 22.0. The molecule has 33 heavy (non-hydrogen) atoms. The molecule has 0 aliphatic rings. The molecule has 0 unspecified atom stereocenters. The second kappa shape index (κ2) is 8.74. The number of hydrogen-bond acceptors (Lipinski definition) is 3. The lowest BCUT2D eigenvalue weighted by atomic mass is 9.95. The molecule has 0 aliphatic heterocycles. The Morgan fingerprint density at radius 3 is 2.09 bits per heavy atom. The zero-order chi connectivity index (χ0) is 23.6. The number of aryl methyl sites for hydroxylation is 1. The number of carbonyl (C=O) groups is 1. The molecule has 1 N–H and O–H groups in total. The van der Waals surface area contributed by atoms with Gasteiger partial charge in [-0.2, -0.15) is 18.3 Å². The second-order valence-corrected chi connectivity index (χ2v) is 7.29. The van der Waals surface area contributed by atoms with Gasteiger partial charge in [-0.05, 0) is 23.8 Å². The van der Waals surface area contributed by atoms with E-state index in [1.165, 1.54) is 19.2 Å². The molecule has 1 aromatic heterocycles. The summed E-state index contributed by atoms with van der Waals surface area (Å²) in [5.74, 6) is -0.826. The summed E-state index contributed by atoms with van der Waals surface area (Å²) >= 11 is 0. The molecule has 0 spiro atoms. The van der Waals surface area contributed by atoms with Crippen molar-refractivity contribution in [1.82, 2.24) is 9.78 Å². The van der Waals surface area contributed by atoms with Gasteiger partial charge < -0.3 is 5.32 Å². The highest BCUT2D eigenvalue weighted by molar-refractivity contribution is 6.10. The van der Waals surface area contributed by atoms with E-state index in [0.29, 0.717) is 22.4 Å². The Kier molecular flexibility index (Phi) is 5.83. The number of hydrogen-bond donors (Lipinski definition) is 1. The Bertz CT molecular complexity index is 1370. The van der Waals surface area contributed by atoms with Gasteiger partial charge in [0.1, 0.15) is 5.56 Å². The van der Waals surface area contributed by atoms with E-state index in [-0.39, 0.29) is 11.3 Å². The van der Waals surface area contributed by atoms with Gasteiger partial charge in [0.15, 0.2) is 0 Å². The van der Waals surface area contributed by atoms with Crippen molar-refractivity contribution in [2.75, 3.05) is 5.32 Å². The molecule has 0 aliphatic carbocycles. The van der Waals surface area contributed by atoms with Gasteiger partial charge in [0.05, 0.1) is 11.3 Å². The predicted molar refractivity (Wildman–Crippen MR) is 120 cm³/mol. The monoisotopic (exact) mass is 449 g/mol. The average Bonchev–Trinajstić information content (AvgIpc) is 2.81. The van der Waals surface area contributed by atoms with Crippen LogP contribution in [0.4, 0.5) is 18.9 Å². The van der Waals surface area contributed by atoms with Crippen LogP contribution in [0.15, 0.2) is 89.7 Å². The van der Waals surface area contributed by atoms with Crippen molar-refractivity contribution >= 4 is 11.6 Å². The SMILES string of the molecule is Cn1nc(-c2ccccc2)c(-c2ccccc2)c(C(=O)Nc2cccc(C(F)(F)F)c2)c1=O. The summed E-state index contributed by atoms with van der Waals surface area (Å²) in [6.45, 7) is 0. The highest BCUT2D eigenvalue weighted by Gasteiger charge is 2.31. The molecule has 5 nitrogen and oxygen atoms in total. The van der Waals surface area contributed by atoms with Crippen molar-refractivity contribution in [3.63, 3.8) is 0 Å². The van der Waals surface area contributed by atoms with Crippen LogP contribution in [-0.2, 0) is 13.2 Å². The molecule has 4 rings (SSSR count). The minimum atomic E-state index is -4.57. The maximum Gasteiger partial charge on any atom is 0.416 e. The van der Waals surface area contributed by atoms with Crippen molar-refractivity contribution in [2.24, 2.45) is 7.05 Å². The van der Waals surface area contributed by atoms with E-state index in [9.17, 15) is 22.8 Å². The van der Waals surface area contributed by atoms with Crippen molar-refractivity contribution in [3.8, 4) is 22.4 Å². The molecular formula is C25H18F3N3O2. The first-order valence-corrected chi connectivity index (χ1v) is 9.96. The van der Waals surface area contributed by atoms with Gasteiger partial charge >= 0.3 is 6.18 Å². The zero-order valence-corrected chi connectivity index (χ0v) is 17.4. The number of rotatable bonds is 4. The number of nitrogens with zero attached hydrogens (tertiary/aromatic N) is 2. The molecule has 1 heterocycles. The highest BCUT2D eigenvalue weighted by atomic mass is 19.4. The molecule has 0 atom stereocenters. The highest BCUT2D eigenvalue weighted by Crippen LogP contribution is 2.33. The zero-order valence-electron chi connectivity index (χ0n) is 17.4. The number of halogens is 3. The third-order valence-corrected chi connectivity index (χ3v) is 5.03. The van der Waals surface area contributed by atoms with Crippen LogP contribution >= 0.6 is 0 Å². The minimum absolute atomic E-state index is 0.0750. The van der Waals surface area contributed by atoms with Gasteiger partial charge in [0, 0.05) is 23.9 Å². The van der Waals surface area contributed by atoms with Gasteiger partial charge in [0.25, 0.3) is 11.5 Å². The average molecular weight is 449 g/mol. The summed E-state index contributed by atoms with van der Waals surface area (Å²) < 4.78 is 40.3. The molecule has 0 bridgehead atoms. The van der Waals surface area contributed by atoms with Crippen LogP contribution in [0.25, 0.3) is 22.4 Å². The maximum atomic E-state index is 13.3. The molecule has 0 fully saturated rings. The Hall–Kier alpha value is -4.20. The van der Waals surface area contributed by atoms with E-state index in [2.05, 4.69) is 10.4 Å². The third-order valence-electron chi connectivity index (χ3n) is 5.03. The van der Waals surface area contributed by atoms with E-state index in [0.717, 1.165) is 16.8 Å². The molecule has 166 valence electrons. The topological polar surface area (TPSA) is 64.0 Å². The van der Waals surface area contributed by atoms with E-state index in [1.54, 1.807) is 54.6 Å². The second-order valence-electron chi connectivity index (χ2n) is 7.29. The summed E-state index contributed by atoms with van der Waals surface area (Å²) in [5, 5.41) is 6.84. The predicted octanol–water partition coefficient (Wildman–Crippen LogP) is 5.39. The summed E-state index contributed by atoms with van der Waals surface area (Å²) in [6, 6.07) is 22.1. The fourth-order valence-corrected chi connectivity index (χ4v) is 3.49. The standard InChI is InChI=1S/C25H18F3N3O2/c1-31-24(33)21(23(32)29-19-14-8-13-18(15-19)25(26,27)28)20(16-9-4-2-5-10-16)22(30-31)17-11-6-3-7-12-17/h2-15H,1H3,(H,29,32). The van der Waals surface area contributed by atoms with Gasteiger partial charge in [-0.1, -0.05) is 66.7 Å². The summed E-state index contributed by atoms with van der Waals surface area (Å²) in [6.07, 6.45) is -4.57. The first-order valence-electron chi connectivity index (χ1n) is 9.96. The van der Waals surface area contributed by atoms with Crippen LogP contribution in [0, 0.1) is 0 Å². The van der Waals surface area contributed by atoms with Crippen LogP contribution in [0.2, 0.25) is 0 Å². The molecule has 8 heteroatoms. The summed E-state index contributed by atoms with van der Waals surface area (Å²) in [7, 11) is 1.42.